The predicted molar refractivity (Wildman–Crippen MR) is 71.9 cm³/mol. The van der Waals surface area contributed by atoms with Gasteiger partial charge in [-0.2, -0.15) is 0 Å². The van der Waals surface area contributed by atoms with Gasteiger partial charge in [0, 0.05) is 37.9 Å². The molecule has 1 aromatic rings. The Kier molecular flexibility index (Phi) is 4.73. The van der Waals surface area contributed by atoms with E-state index in [1.54, 1.807) is 17.4 Å². The second-order valence-electron chi connectivity index (χ2n) is 5.11. The molecule has 0 spiro atoms. The highest BCUT2D eigenvalue weighted by Crippen LogP contribution is 2.22. The molecule has 0 aliphatic carbocycles. The van der Waals surface area contributed by atoms with Gasteiger partial charge in [0.2, 0.25) is 5.91 Å². The molecule has 2 heterocycles. The molecule has 1 aliphatic heterocycles. The third-order valence-electron chi connectivity index (χ3n) is 3.75. The number of carboxylic acids is 1. The van der Waals surface area contributed by atoms with Crippen LogP contribution < -0.4 is 5.73 Å². The van der Waals surface area contributed by atoms with Gasteiger partial charge in [-0.25, -0.2) is 4.98 Å². The molecule has 1 amide bonds. The number of imidazole rings is 1. The second-order valence-corrected chi connectivity index (χ2v) is 5.11. The number of hydrogen-bond acceptors (Lipinski definition) is 4. The predicted octanol–water partition coefficient (Wildman–Crippen LogP) is 0.239. The zero-order valence-electron chi connectivity index (χ0n) is 11.3. The molecule has 0 saturated carbocycles. The van der Waals surface area contributed by atoms with Gasteiger partial charge in [-0.15, -0.1) is 0 Å². The van der Waals surface area contributed by atoms with Crippen molar-refractivity contribution in [2.75, 3.05) is 13.1 Å². The van der Waals surface area contributed by atoms with E-state index in [-0.39, 0.29) is 18.7 Å². The van der Waals surface area contributed by atoms with Crippen LogP contribution in [0.1, 0.15) is 31.7 Å². The Bertz CT molecular complexity index is 452. The Balaban J connectivity index is 1.76. The quantitative estimate of drug-likeness (QED) is 0.804. The molecular weight excluding hydrogens is 260 g/mol. The average molecular weight is 280 g/mol. The highest BCUT2D eigenvalue weighted by atomic mass is 16.4. The standard InChI is InChI=1S/C13H20N4O3/c14-11(13(19)20)1-2-12(18)16-6-3-10(4-7-16)17-8-5-15-9-17/h5,8-11H,1-4,6-7,14H2,(H,19,20)/t11-/m0/s1. The fourth-order valence-corrected chi connectivity index (χ4v) is 2.46. The number of amides is 1. The van der Waals surface area contributed by atoms with Crippen LogP contribution in [0.2, 0.25) is 0 Å². The first-order valence-electron chi connectivity index (χ1n) is 6.81. The van der Waals surface area contributed by atoms with E-state index in [9.17, 15) is 9.59 Å². The van der Waals surface area contributed by atoms with E-state index < -0.39 is 12.0 Å². The first kappa shape index (κ1) is 14.5. The number of aromatic nitrogens is 2. The maximum Gasteiger partial charge on any atom is 0.320 e. The summed E-state index contributed by atoms with van der Waals surface area (Å²) in [5, 5.41) is 8.69. The van der Waals surface area contributed by atoms with Crippen LogP contribution in [0, 0.1) is 0 Å². The Morgan fingerprint density at radius 1 is 1.40 bits per heavy atom. The minimum Gasteiger partial charge on any atom is -0.480 e. The first-order chi connectivity index (χ1) is 9.58. The number of nitrogens with two attached hydrogens (primary N) is 1. The van der Waals surface area contributed by atoms with Gasteiger partial charge in [-0.3, -0.25) is 9.59 Å². The number of likely N-dealkylation sites (tertiary alicyclic amines) is 1. The van der Waals surface area contributed by atoms with Crippen LogP contribution in [-0.2, 0) is 9.59 Å². The number of piperidine rings is 1. The van der Waals surface area contributed by atoms with Crippen molar-refractivity contribution in [1.82, 2.24) is 14.5 Å². The van der Waals surface area contributed by atoms with Gasteiger partial charge in [0.15, 0.2) is 0 Å². The third kappa shape index (κ3) is 3.57. The monoisotopic (exact) mass is 280 g/mol. The zero-order chi connectivity index (χ0) is 14.5. The highest BCUT2D eigenvalue weighted by molar-refractivity contribution is 5.78. The number of nitrogens with zero attached hydrogens (tertiary/aromatic N) is 3. The lowest BCUT2D eigenvalue weighted by Crippen LogP contribution is -2.40. The van der Waals surface area contributed by atoms with Crippen LogP contribution >= 0.6 is 0 Å². The molecule has 0 bridgehead atoms. The van der Waals surface area contributed by atoms with E-state index in [2.05, 4.69) is 9.55 Å². The topological polar surface area (TPSA) is 101 Å². The summed E-state index contributed by atoms with van der Waals surface area (Å²) in [4.78, 5) is 28.4. The molecule has 3 N–H and O–H groups in total. The van der Waals surface area contributed by atoms with E-state index in [1.165, 1.54) is 0 Å². The van der Waals surface area contributed by atoms with Gasteiger partial charge in [-0.05, 0) is 19.3 Å². The van der Waals surface area contributed by atoms with Gasteiger partial charge < -0.3 is 20.3 Å². The van der Waals surface area contributed by atoms with Gasteiger partial charge in [-0.1, -0.05) is 0 Å². The Morgan fingerprint density at radius 3 is 2.65 bits per heavy atom. The molecular formula is C13H20N4O3. The summed E-state index contributed by atoms with van der Waals surface area (Å²) in [6.07, 6.45) is 7.67. The Labute approximate surface area is 117 Å². The number of hydrogen-bond donors (Lipinski definition) is 2. The largest absolute Gasteiger partial charge is 0.480 e. The normalized spacial score (nSPS) is 17.9. The van der Waals surface area contributed by atoms with E-state index >= 15 is 0 Å². The lowest BCUT2D eigenvalue weighted by molar-refractivity contribution is -0.139. The van der Waals surface area contributed by atoms with Crippen molar-refractivity contribution in [2.24, 2.45) is 5.73 Å². The van der Waals surface area contributed by atoms with E-state index in [0.717, 1.165) is 12.8 Å². The minimum absolute atomic E-state index is 0.00854. The van der Waals surface area contributed by atoms with Crippen molar-refractivity contribution < 1.29 is 14.7 Å². The molecule has 1 fully saturated rings. The Hall–Kier alpha value is -1.89. The molecule has 0 unspecified atom stereocenters. The molecule has 0 aromatic carbocycles. The van der Waals surface area contributed by atoms with Crippen LogP contribution in [0.25, 0.3) is 0 Å². The van der Waals surface area contributed by atoms with Crippen molar-refractivity contribution in [3.05, 3.63) is 18.7 Å². The summed E-state index contributed by atoms with van der Waals surface area (Å²) in [7, 11) is 0. The van der Waals surface area contributed by atoms with Crippen molar-refractivity contribution in [3.8, 4) is 0 Å². The number of aliphatic carboxylic acids is 1. The van der Waals surface area contributed by atoms with Crippen molar-refractivity contribution in [3.63, 3.8) is 0 Å². The lowest BCUT2D eigenvalue weighted by Gasteiger charge is -2.32. The van der Waals surface area contributed by atoms with E-state index in [0.29, 0.717) is 19.1 Å². The molecule has 20 heavy (non-hydrogen) atoms. The van der Waals surface area contributed by atoms with Crippen molar-refractivity contribution in [1.29, 1.82) is 0 Å². The molecule has 1 saturated heterocycles. The van der Waals surface area contributed by atoms with Crippen molar-refractivity contribution in [2.45, 2.75) is 37.8 Å². The maximum absolute atomic E-state index is 12.0. The second kappa shape index (κ2) is 6.51. The van der Waals surface area contributed by atoms with E-state index in [1.807, 2.05) is 6.20 Å². The SMILES string of the molecule is N[C@@H](CCC(=O)N1CCC(n2ccnc2)CC1)C(=O)O. The van der Waals surface area contributed by atoms with E-state index in [4.69, 9.17) is 10.8 Å². The summed E-state index contributed by atoms with van der Waals surface area (Å²) < 4.78 is 2.07. The minimum atomic E-state index is -1.06. The van der Waals surface area contributed by atoms with Crippen LogP contribution in [-0.4, -0.2) is 50.6 Å². The number of carboxylic acid groups (broad SMARTS) is 1. The molecule has 7 nitrogen and oxygen atoms in total. The molecule has 110 valence electrons. The smallest absolute Gasteiger partial charge is 0.320 e. The van der Waals surface area contributed by atoms with Gasteiger partial charge in [0.05, 0.1) is 6.33 Å². The summed E-state index contributed by atoms with van der Waals surface area (Å²) in [5.74, 6) is -1.07. The fraction of sp³-hybridized carbons (Fsp3) is 0.615. The van der Waals surface area contributed by atoms with Crippen LogP contribution in [0.4, 0.5) is 0 Å². The van der Waals surface area contributed by atoms with Crippen LogP contribution in [0.5, 0.6) is 0 Å². The molecule has 1 aromatic heterocycles. The maximum atomic E-state index is 12.0. The van der Waals surface area contributed by atoms with Crippen LogP contribution in [0.15, 0.2) is 18.7 Å². The highest BCUT2D eigenvalue weighted by Gasteiger charge is 2.24. The zero-order valence-corrected chi connectivity index (χ0v) is 11.3. The molecule has 1 aliphatic rings. The van der Waals surface area contributed by atoms with Gasteiger partial charge >= 0.3 is 5.97 Å². The Morgan fingerprint density at radius 2 is 2.10 bits per heavy atom. The molecule has 0 radical (unpaired) electrons. The molecule has 7 heteroatoms. The van der Waals surface area contributed by atoms with Crippen molar-refractivity contribution >= 4 is 11.9 Å². The summed E-state index contributed by atoms with van der Waals surface area (Å²) in [6.45, 7) is 1.40. The number of rotatable bonds is 5. The lowest BCUT2D eigenvalue weighted by atomic mass is 10.0. The summed E-state index contributed by atoms with van der Waals surface area (Å²) in [6, 6.07) is -0.565. The summed E-state index contributed by atoms with van der Waals surface area (Å²) >= 11 is 0. The third-order valence-corrected chi connectivity index (χ3v) is 3.75. The molecule has 1 atom stereocenters. The first-order valence-corrected chi connectivity index (χ1v) is 6.81. The molecule has 2 rings (SSSR count). The summed E-state index contributed by atoms with van der Waals surface area (Å²) in [5.41, 5.74) is 5.40. The number of carbonyl (C=O) groups excluding carboxylic acids is 1. The number of carbonyl (C=O) groups is 2. The van der Waals surface area contributed by atoms with Gasteiger partial charge in [0.25, 0.3) is 0 Å². The average Bonchev–Trinajstić information content (AvgIpc) is 2.98. The van der Waals surface area contributed by atoms with Crippen LogP contribution in [0.3, 0.4) is 0 Å². The van der Waals surface area contributed by atoms with Gasteiger partial charge in [0.1, 0.15) is 6.04 Å². The fourth-order valence-electron chi connectivity index (χ4n) is 2.46.